The van der Waals surface area contributed by atoms with Gasteiger partial charge in [0.25, 0.3) is 0 Å². The topological polar surface area (TPSA) is 47.0 Å². The predicted octanol–water partition coefficient (Wildman–Crippen LogP) is 2.51. The van der Waals surface area contributed by atoms with Crippen LogP contribution in [-0.2, 0) is 13.0 Å². The molecule has 2 N–H and O–H groups in total. The molecule has 0 saturated heterocycles. The number of carbonyl (C=O) groups excluding carboxylic acids is 1. The van der Waals surface area contributed by atoms with E-state index in [1.807, 2.05) is 27.6 Å². The summed E-state index contributed by atoms with van der Waals surface area (Å²) in [5, 5.41) is 4.49. The van der Waals surface area contributed by atoms with Gasteiger partial charge in [-0.25, -0.2) is 4.57 Å². The number of nitrogens with two attached hydrogens (primary N) is 1. The molecule has 0 aliphatic rings. The first-order valence-corrected chi connectivity index (χ1v) is 7.29. The Balaban J connectivity index is 2.10. The van der Waals surface area contributed by atoms with E-state index in [1.165, 1.54) is 16.2 Å². The molecule has 0 spiro atoms. The van der Waals surface area contributed by atoms with Crippen molar-refractivity contribution in [2.45, 2.75) is 26.3 Å². The van der Waals surface area contributed by atoms with Crippen LogP contribution in [0.2, 0.25) is 0 Å². The quantitative estimate of drug-likeness (QED) is 0.668. The van der Waals surface area contributed by atoms with Crippen LogP contribution < -0.4 is 10.3 Å². The van der Waals surface area contributed by atoms with E-state index in [4.69, 9.17) is 5.73 Å². The number of anilines is 1. The fourth-order valence-corrected chi connectivity index (χ4v) is 3.26. The van der Waals surface area contributed by atoms with E-state index in [1.54, 1.807) is 11.3 Å². The molecule has 0 atom stereocenters. The Morgan fingerprint density at radius 1 is 1.53 bits per heavy atom. The van der Waals surface area contributed by atoms with Crippen molar-refractivity contribution in [1.29, 1.82) is 0 Å². The largest absolute Gasteiger partial charge is 0.332 e. The molecule has 2 aromatic rings. The highest BCUT2D eigenvalue weighted by atomic mass is 32.1. The molecule has 0 saturated carbocycles. The Hall–Kier alpha value is -1.20. The standard InChI is InChI=1S/C12H14N2OS2/c1-2-3-10-6-14(12(13)17-10)7-11(15)9-4-5-16-8-9/h4-6,8,13H,2-3,7H2,1H3/p+1. The third-order valence-electron chi connectivity index (χ3n) is 2.47. The second kappa shape index (κ2) is 5.42. The van der Waals surface area contributed by atoms with Crippen molar-refractivity contribution >= 4 is 33.6 Å². The number of carbonyl (C=O) groups is 1. The zero-order valence-corrected chi connectivity index (χ0v) is 11.3. The van der Waals surface area contributed by atoms with Gasteiger partial charge >= 0.3 is 5.13 Å². The molecule has 0 radical (unpaired) electrons. The van der Waals surface area contributed by atoms with Gasteiger partial charge in [-0.3, -0.25) is 10.5 Å². The number of nitrogen functional groups attached to an aromatic ring is 1. The van der Waals surface area contributed by atoms with Gasteiger partial charge in [0.05, 0.1) is 4.88 Å². The SMILES string of the molecule is CCCc1c[n+](CC(=O)c2ccsc2)c(N)s1. The second-order valence-corrected chi connectivity index (χ2v) is 5.78. The Kier molecular flexibility index (Phi) is 3.91. The molecule has 2 heterocycles. The number of aromatic nitrogens is 1. The fraction of sp³-hybridized carbons (Fsp3) is 0.333. The van der Waals surface area contributed by atoms with Crippen LogP contribution in [0, 0.1) is 0 Å². The van der Waals surface area contributed by atoms with Gasteiger partial charge in [0.1, 0.15) is 6.20 Å². The molecule has 0 aliphatic carbocycles. The molecule has 0 fully saturated rings. The van der Waals surface area contributed by atoms with Crippen molar-refractivity contribution in [3.63, 3.8) is 0 Å². The Morgan fingerprint density at radius 3 is 3.00 bits per heavy atom. The van der Waals surface area contributed by atoms with E-state index < -0.39 is 0 Å². The molecule has 0 bridgehead atoms. The van der Waals surface area contributed by atoms with Crippen LogP contribution in [0.5, 0.6) is 0 Å². The van der Waals surface area contributed by atoms with Gasteiger partial charge in [-0.2, -0.15) is 11.3 Å². The molecular weight excluding hydrogens is 252 g/mol. The lowest BCUT2D eigenvalue weighted by molar-refractivity contribution is -0.664. The van der Waals surface area contributed by atoms with Crippen molar-refractivity contribution in [3.8, 4) is 0 Å². The van der Waals surface area contributed by atoms with Gasteiger partial charge in [0.15, 0.2) is 6.54 Å². The maximum absolute atomic E-state index is 11.9. The summed E-state index contributed by atoms with van der Waals surface area (Å²) < 4.78 is 1.84. The van der Waals surface area contributed by atoms with Crippen molar-refractivity contribution in [2.24, 2.45) is 0 Å². The summed E-state index contributed by atoms with van der Waals surface area (Å²) in [5.41, 5.74) is 6.67. The van der Waals surface area contributed by atoms with Crippen molar-refractivity contribution in [3.05, 3.63) is 33.5 Å². The van der Waals surface area contributed by atoms with Crippen molar-refractivity contribution in [1.82, 2.24) is 0 Å². The van der Waals surface area contributed by atoms with Gasteiger partial charge < -0.3 is 0 Å². The van der Waals surface area contributed by atoms with Crippen LogP contribution in [-0.4, -0.2) is 5.78 Å². The molecule has 2 aromatic heterocycles. The Morgan fingerprint density at radius 2 is 2.35 bits per heavy atom. The molecule has 5 heteroatoms. The number of thiazole rings is 1. The number of nitrogens with zero attached hydrogens (tertiary/aromatic N) is 1. The Labute approximate surface area is 109 Å². The van der Waals surface area contributed by atoms with E-state index >= 15 is 0 Å². The third-order valence-corrected chi connectivity index (χ3v) is 4.17. The number of thiophene rings is 1. The summed E-state index contributed by atoms with van der Waals surface area (Å²) in [4.78, 5) is 13.2. The highest BCUT2D eigenvalue weighted by molar-refractivity contribution is 7.14. The summed E-state index contributed by atoms with van der Waals surface area (Å²) in [6, 6.07) is 1.85. The van der Waals surface area contributed by atoms with E-state index in [2.05, 4.69) is 6.92 Å². The number of hydrogen-bond donors (Lipinski definition) is 1. The molecule has 90 valence electrons. The van der Waals surface area contributed by atoms with E-state index in [-0.39, 0.29) is 5.78 Å². The van der Waals surface area contributed by atoms with Crippen LogP contribution in [0.1, 0.15) is 28.6 Å². The van der Waals surface area contributed by atoms with Crippen molar-refractivity contribution < 1.29 is 9.36 Å². The third kappa shape index (κ3) is 2.92. The maximum Gasteiger partial charge on any atom is 0.332 e. The normalized spacial score (nSPS) is 10.6. The molecule has 0 aliphatic heterocycles. The average Bonchev–Trinajstić information content (AvgIpc) is 2.90. The van der Waals surface area contributed by atoms with Gasteiger partial charge in [0.2, 0.25) is 5.78 Å². The minimum atomic E-state index is 0.115. The summed E-state index contributed by atoms with van der Waals surface area (Å²) >= 11 is 3.11. The zero-order chi connectivity index (χ0) is 12.3. The number of hydrogen-bond acceptors (Lipinski definition) is 4. The molecule has 3 nitrogen and oxygen atoms in total. The van der Waals surface area contributed by atoms with E-state index in [9.17, 15) is 4.79 Å². The monoisotopic (exact) mass is 267 g/mol. The highest BCUT2D eigenvalue weighted by Crippen LogP contribution is 2.15. The van der Waals surface area contributed by atoms with Gasteiger partial charge in [0, 0.05) is 10.9 Å². The second-order valence-electron chi connectivity index (χ2n) is 3.85. The highest BCUT2D eigenvalue weighted by Gasteiger charge is 2.16. The number of aryl methyl sites for hydroxylation is 1. The molecule has 0 unspecified atom stereocenters. The van der Waals surface area contributed by atoms with E-state index in [0.717, 1.165) is 18.4 Å². The summed E-state index contributed by atoms with van der Waals surface area (Å²) in [6.45, 7) is 2.47. The average molecular weight is 267 g/mol. The first-order valence-electron chi connectivity index (χ1n) is 5.53. The smallest absolute Gasteiger partial charge is 0.290 e. The summed E-state index contributed by atoms with van der Waals surface area (Å²) in [7, 11) is 0. The van der Waals surface area contributed by atoms with Gasteiger partial charge in [-0.15, -0.1) is 0 Å². The molecule has 0 aromatic carbocycles. The number of ketones is 1. The zero-order valence-electron chi connectivity index (χ0n) is 9.68. The van der Waals surface area contributed by atoms with Crippen LogP contribution in [0.25, 0.3) is 0 Å². The fourth-order valence-electron chi connectivity index (χ4n) is 1.61. The maximum atomic E-state index is 11.9. The first-order chi connectivity index (χ1) is 8.20. The van der Waals surface area contributed by atoms with Gasteiger partial charge in [-0.1, -0.05) is 24.7 Å². The lowest BCUT2D eigenvalue weighted by atomic mass is 10.2. The van der Waals surface area contributed by atoms with Gasteiger partial charge in [-0.05, 0) is 17.9 Å². The summed E-state index contributed by atoms with van der Waals surface area (Å²) in [6.07, 6.45) is 4.11. The molecule has 17 heavy (non-hydrogen) atoms. The van der Waals surface area contributed by atoms with Crippen LogP contribution >= 0.6 is 22.7 Å². The lowest BCUT2D eigenvalue weighted by Crippen LogP contribution is -2.38. The van der Waals surface area contributed by atoms with Crippen LogP contribution in [0.3, 0.4) is 0 Å². The number of rotatable bonds is 5. The molecule has 0 amide bonds. The summed E-state index contributed by atoms with van der Waals surface area (Å²) in [5.74, 6) is 0.115. The first kappa shape index (κ1) is 12.3. The van der Waals surface area contributed by atoms with E-state index in [0.29, 0.717) is 11.7 Å². The molecular formula is C12H15N2OS2+. The predicted molar refractivity (Wildman–Crippen MR) is 71.6 cm³/mol. The van der Waals surface area contributed by atoms with Crippen LogP contribution in [0.4, 0.5) is 5.13 Å². The Bertz CT molecular complexity index is 503. The number of Topliss-reactive ketones (excluding diaryl/α,β-unsaturated/α-hetero) is 1. The minimum absolute atomic E-state index is 0.115. The lowest BCUT2D eigenvalue weighted by Gasteiger charge is -1.95. The minimum Gasteiger partial charge on any atom is -0.290 e. The van der Waals surface area contributed by atoms with Crippen molar-refractivity contribution in [2.75, 3.05) is 5.73 Å². The van der Waals surface area contributed by atoms with Crippen LogP contribution in [0.15, 0.2) is 23.0 Å². The molecule has 2 rings (SSSR count).